The first kappa shape index (κ1) is 19.9. The van der Waals surface area contributed by atoms with E-state index in [-0.39, 0.29) is 17.7 Å². The van der Waals surface area contributed by atoms with Crippen molar-refractivity contribution in [2.45, 2.75) is 50.6 Å². The van der Waals surface area contributed by atoms with E-state index >= 15 is 0 Å². The van der Waals surface area contributed by atoms with Gasteiger partial charge in [-0.3, -0.25) is 14.8 Å². The third-order valence-corrected chi connectivity index (χ3v) is 6.01. The first-order valence-corrected chi connectivity index (χ1v) is 10.2. The van der Waals surface area contributed by atoms with Gasteiger partial charge in [-0.2, -0.15) is 13.2 Å². The number of aromatic nitrogens is 2. The normalized spacial score (nSPS) is 20.8. The number of hydrogen-bond acceptors (Lipinski definition) is 3. The highest BCUT2D eigenvalue weighted by molar-refractivity contribution is 5.79. The van der Waals surface area contributed by atoms with E-state index in [0.717, 1.165) is 57.2 Å². The Balaban J connectivity index is 1.60. The Morgan fingerprint density at radius 3 is 2.55 bits per heavy atom. The lowest BCUT2D eigenvalue weighted by Gasteiger charge is -2.34. The van der Waals surface area contributed by atoms with Crippen molar-refractivity contribution >= 4 is 5.91 Å². The van der Waals surface area contributed by atoms with Crippen LogP contribution in [0.15, 0.2) is 36.7 Å². The smallest absolute Gasteiger partial charge is 0.342 e. The van der Waals surface area contributed by atoms with E-state index in [9.17, 15) is 18.0 Å². The number of piperidine rings is 1. The van der Waals surface area contributed by atoms with Gasteiger partial charge in [-0.25, -0.2) is 0 Å². The van der Waals surface area contributed by atoms with Gasteiger partial charge in [0.05, 0.1) is 17.0 Å². The zero-order valence-electron chi connectivity index (χ0n) is 16.2. The number of carbonyl (C=O) groups is 1. The average molecular weight is 403 g/mol. The third-order valence-electron chi connectivity index (χ3n) is 6.01. The standard InChI is InChI=1S/C22H24F3N3O/c23-22(24,25)18-9-3-7-16(13-18)19-20(27-11-10-26-19)17-8-4-12-28(14-17)21(29)15-5-1-2-6-15/h3,7,9-11,13,15,17H,1-2,4-6,8,12,14H2/t17-/m0/s1. The second-order valence-corrected chi connectivity index (χ2v) is 7.97. The van der Waals surface area contributed by atoms with E-state index < -0.39 is 11.7 Å². The minimum Gasteiger partial charge on any atom is -0.342 e. The van der Waals surface area contributed by atoms with Crippen molar-refractivity contribution in [2.24, 2.45) is 5.92 Å². The van der Waals surface area contributed by atoms with Gasteiger partial charge in [-0.1, -0.05) is 25.0 Å². The summed E-state index contributed by atoms with van der Waals surface area (Å²) >= 11 is 0. The lowest BCUT2D eigenvalue weighted by atomic mass is 9.90. The van der Waals surface area contributed by atoms with Crippen LogP contribution in [0.3, 0.4) is 0 Å². The highest BCUT2D eigenvalue weighted by atomic mass is 19.4. The van der Waals surface area contributed by atoms with Crippen LogP contribution >= 0.6 is 0 Å². The molecular weight excluding hydrogens is 379 g/mol. The molecule has 2 fully saturated rings. The molecule has 1 amide bonds. The summed E-state index contributed by atoms with van der Waals surface area (Å²) in [7, 11) is 0. The van der Waals surface area contributed by atoms with Crippen LogP contribution < -0.4 is 0 Å². The SMILES string of the molecule is O=C(C1CCCC1)N1CCC[C@H](c2nccnc2-c2cccc(C(F)(F)F)c2)C1. The molecule has 4 rings (SSSR count). The Hall–Kier alpha value is -2.44. The zero-order chi connectivity index (χ0) is 20.4. The molecule has 0 bridgehead atoms. The van der Waals surface area contributed by atoms with E-state index in [0.29, 0.717) is 23.5 Å². The maximum atomic E-state index is 13.1. The molecule has 1 aliphatic heterocycles. The van der Waals surface area contributed by atoms with Crippen LogP contribution in [0.25, 0.3) is 11.3 Å². The summed E-state index contributed by atoms with van der Waals surface area (Å²) in [6.45, 7) is 1.30. The highest BCUT2D eigenvalue weighted by Gasteiger charge is 2.33. The molecule has 2 aliphatic rings. The number of rotatable bonds is 3. The number of nitrogens with zero attached hydrogens (tertiary/aromatic N) is 3. The Bertz CT molecular complexity index is 878. The van der Waals surface area contributed by atoms with E-state index in [4.69, 9.17) is 0 Å². The molecule has 0 radical (unpaired) electrons. The summed E-state index contributed by atoms with van der Waals surface area (Å²) in [5.74, 6) is 0.322. The fourth-order valence-corrected chi connectivity index (χ4v) is 4.54. The summed E-state index contributed by atoms with van der Waals surface area (Å²) in [5.41, 5.74) is 0.852. The summed E-state index contributed by atoms with van der Waals surface area (Å²) < 4.78 is 39.4. The van der Waals surface area contributed by atoms with Gasteiger partial charge in [0.2, 0.25) is 5.91 Å². The quantitative estimate of drug-likeness (QED) is 0.720. The van der Waals surface area contributed by atoms with Gasteiger partial charge < -0.3 is 4.90 Å². The van der Waals surface area contributed by atoms with Crippen molar-refractivity contribution in [3.8, 4) is 11.3 Å². The number of likely N-dealkylation sites (tertiary alicyclic amines) is 1. The van der Waals surface area contributed by atoms with E-state index in [2.05, 4.69) is 9.97 Å². The second kappa shape index (κ2) is 8.13. The number of halogens is 3. The number of hydrogen-bond donors (Lipinski definition) is 0. The summed E-state index contributed by atoms with van der Waals surface area (Å²) in [4.78, 5) is 23.6. The van der Waals surface area contributed by atoms with E-state index in [1.54, 1.807) is 12.3 Å². The molecule has 2 aromatic rings. The van der Waals surface area contributed by atoms with Crippen molar-refractivity contribution < 1.29 is 18.0 Å². The van der Waals surface area contributed by atoms with Crippen LogP contribution in [0.1, 0.15) is 55.7 Å². The second-order valence-electron chi connectivity index (χ2n) is 7.97. The van der Waals surface area contributed by atoms with Crippen LogP contribution in [-0.2, 0) is 11.0 Å². The topological polar surface area (TPSA) is 46.1 Å². The molecule has 4 nitrogen and oxygen atoms in total. The lowest BCUT2D eigenvalue weighted by Crippen LogP contribution is -2.42. The van der Waals surface area contributed by atoms with Gasteiger partial charge in [-0.05, 0) is 37.8 Å². The molecule has 1 aromatic heterocycles. The fourth-order valence-electron chi connectivity index (χ4n) is 4.54. The molecule has 0 unspecified atom stereocenters. The summed E-state index contributed by atoms with van der Waals surface area (Å²) in [6.07, 6.45) is 4.51. The number of alkyl halides is 3. The van der Waals surface area contributed by atoms with Crippen LogP contribution in [0.2, 0.25) is 0 Å². The molecule has 0 N–H and O–H groups in total. The highest BCUT2D eigenvalue weighted by Crippen LogP contribution is 2.36. The molecule has 1 aliphatic carbocycles. The summed E-state index contributed by atoms with van der Waals surface area (Å²) in [5, 5.41) is 0. The van der Waals surface area contributed by atoms with Crippen LogP contribution in [-0.4, -0.2) is 33.9 Å². The van der Waals surface area contributed by atoms with Crippen LogP contribution in [0.5, 0.6) is 0 Å². The van der Waals surface area contributed by atoms with E-state index in [1.807, 2.05) is 4.90 Å². The van der Waals surface area contributed by atoms with Gasteiger partial charge in [0, 0.05) is 42.9 Å². The molecule has 2 heterocycles. The minimum absolute atomic E-state index is 0.0210. The molecule has 0 spiro atoms. The molecule has 1 saturated heterocycles. The average Bonchev–Trinajstić information content (AvgIpc) is 3.28. The molecule has 7 heteroatoms. The van der Waals surface area contributed by atoms with E-state index in [1.165, 1.54) is 12.3 Å². The minimum atomic E-state index is -4.41. The third kappa shape index (κ3) is 4.28. The predicted molar refractivity (Wildman–Crippen MR) is 103 cm³/mol. The first-order chi connectivity index (χ1) is 13.9. The maximum absolute atomic E-state index is 13.1. The van der Waals surface area contributed by atoms with Gasteiger partial charge in [-0.15, -0.1) is 0 Å². The molecule has 1 atom stereocenters. The number of carbonyl (C=O) groups excluding carboxylic acids is 1. The Kier molecular flexibility index (Phi) is 5.56. The summed E-state index contributed by atoms with van der Waals surface area (Å²) in [6, 6.07) is 5.21. The lowest BCUT2D eigenvalue weighted by molar-refractivity contribution is -0.138. The largest absolute Gasteiger partial charge is 0.416 e. The molecular formula is C22H24F3N3O. The number of benzene rings is 1. The van der Waals surface area contributed by atoms with Crippen molar-refractivity contribution in [3.05, 3.63) is 47.9 Å². The maximum Gasteiger partial charge on any atom is 0.416 e. The zero-order valence-corrected chi connectivity index (χ0v) is 16.2. The first-order valence-electron chi connectivity index (χ1n) is 10.2. The van der Waals surface area contributed by atoms with Crippen LogP contribution in [0.4, 0.5) is 13.2 Å². The monoisotopic (exact) mass is 403 g/mol. The van der Waals surface area contributed by atoms with Crippen molar-refractivity contribution in [1.29, 1.82) is 0 Å². The van der Waals surface area contributed by atoms with Gasteiger partial charge in [0.25, 0.3) is 0 Å². The number of amides is 1. The Morgan fingerprint density at radius 2 is 1.79 bits per heavy atom. The van der Waals surface area contributed by atoms with Gasteiger partial charge in [0.1, 0.15) is 0 Å². The molecule has 154 valence electrons. The predicted octanol–water partition coefficient (Wildman–Crippen LogP) is 5.06. The van der Waals surface area contributed by atoms with Crippen molar-refractivity contribution in [3.63, 3.8) is 0 Å². The molecule has 1 saturated carbocycles. The fraction of sp³-hybridized carbons (Fsp3) is 0.500. The molecule has 1 aromatic carbocycles. The Morgan fingerprint density at radius 1 is 1.03 bits per heavy atom. The van der Waals surface area contributed by atoms with Crippen LogP contribution in [0, 0.1) is 5.92 Å². The van der Waals surface area contributed by atoms with Gasteiger partial charge in [0.15, 0.2) is 0 Å². The van der Waals surface area contributed by atoms with Crippen molar-refractivity contribution in [1.82, 2.24) is 14.9 Å². The molecule has 29 heavy (non-hydrogen) atoms. The Labute approximate surface area is 168 Å². The van der Waals surface area contributed by atoms with Crippen molar-refractivity contribution in [2.75, 3.05) is 13.1 Å². The van der Waals surface area contributed by atoms with Gasteiger partial charge >= 0.3 is 6.18 Å².